The Bertz CT molecular complexity index is 701. The Hall–Kier alpha value is -1.64. The number of H-pyrrole nitrogens is 1. The van der Waals surface area contributed by atoms with E-state index >= 15 is 0 Å². The van der Waals surface area contributed by atoms with Gasteiger partial charge in [-0.05, 0) is 26.2 Å². The Kier molecular flexibility index (Phi) is 6.95. The molecule has 1 unspecified atom stereocenters. The summed E-state index contributed by atoms with van der Waals surface area (Å²) in [6.45, 7) is 7.90. The normalized spacial score (nSPS) is 23.1. The van der Waals surface area contributed by atoms with Gasteiger partial charge in [0.05, 0.1) is 6.54 Å². The van der Waals surface area contributed by atoms with Crippen LogP contribution in [0.4, 0.5) is 0 Å². The summed E-state index contributed by atoms with van der Waals surface area (Å²) in [6, 6.07) is 0.355. The van der Waals surface area contributed by atoms with Gasteiger partial charge in [-0.25, -0.2) is 0 Å². The second-order valence-electron chi connectivity index (χ2n) is 7.96. The van der Waals surface area contributed by atoms with Crippen LogP contribution in [0, 0.1) is 0 Å². The highest BCUT2D eigenvalue weighted by Gasteiger charge is 2.30. The van der Waals surface area contributed by atoms with E-state index in [9.17, 15) is 9.59 Å². The number of fused-ring (bicyclic) bond motifs is 1. The Morgan fingerprint density at radius 3 is 2.68 bits per heavy atom. The Labute approximate surface area is 172 Å². The molecule has 2 N–H and O–H groups in total. The van der Waals surface area contributed by atoms with E-state index in [1.807, 2.05) is 9.80 Å². The minimum absolute atomic E-state index is 0. The molecule has 3 aliphatic rings. The highest BCUT2D eigenvalue weighted by Crippen LogP contribution is 2.19. The van der Waals surface area contributed by atoms with Crippen LogP contribution in [0.25, 0.3) is 0 Å². The summed E-state index contributed by atoms with van der Waals surface area (Å²) < 4.78 is 0. The molecule has 156 valence electrons. The number of nitrogens with zero attached hydrogens (tertiary/aromatic N) is 4. The minimum atomic E-state index is 0. The molecule has 0 aromatic carbocycles. The maximum absolute atomic E-state index is 12.9. The van der Waals surface area contributed by atoms with E-state index in [4.69, 9.17) is 0 Å². The van der Waals surface area contributed by atoms with Crippen LogP contribution in [0.2, 0.25) is 0 Å². The van der Waals surface area contributed by atoms with Crippen molar-refractivity contribution in [3.05, 3.63) is 17.0 Å². The lowest BCUT2D eigenvalue weighted by molar-refractivity contribution is -0.136. The topological polar surface area (TPSA) is 84.6 Å². The van der Waals surface area contributed by atoms with Gasteiger partial charge in [0.15, 0.2) is 5.69 Å². The number of rotatable bonds is 3. The maximum atomic E-state index is 12.9. The van der Waals surface area contributed by atoms with E-state index in [-0.39, 0.29) is 24.2 Å². The van der Waals surface area contributed by atoms with Crippen molar-refractivity contribution < 1.29 is 9.59 Å². The Morgan fingerprint density at radius 1 is 1.14 bits per heavy atom. The van der Waals surface area contributed by atoms with Gasteiger partial charge in [0.25, 0.3) is 5.91 Å². The fraction of sp³-hybridized carbons (Fsp3) is 0.737. The lowest BCUT2D eigenvalue weighted by atomic mass is 10.0. The largest absolute Gasteiger partial charge is 0.339 e. The number of halogens is 1. The first kappa shape index (κ1) is 21.1. The summed E-state index contributed by atoms with van der Waals surface area (Å²) in [5.74, 6) is 0.237. The summed E-state index contributed by atoms with van der Waals surface area (Å²) >= 11 is 0. The third-order valence-corrected chi connectivity index (χ3v) is 6.15. The molecule has 28 heavy (non-hydrogen) atoms. The van der Waals surface area contributed by atoms with Crippen molar-refractivity contribution >= 4 is 24.2 Å². The van der Waals surface area contributed by atoms with E-state index in [1.54, 1.807) is 0 Å². The molecule has 2 saturated heterocycles. The number of piperazine rings is 1. The van der Waals surface area contributed by atoms with Crippen molar-refractivity contribution in [2.45, 2.75) is 45.2 Å². The van der Waals surface area contributed by atoms with E-state index < -0.39 is 0 Å². The monoisotopic (exact) mass is 410 g/mol. The van der Waals surface area contributed by atoms with Gasteiger partial charge in [0.1, 0.15) is 0 Å². The van der Waals surface area contributed by atoms with E-state index in [0.717, 1.165) is 56.7 Å². The quantitative estimate of drug-likeness (QED) is 0.763. The molecule has 2 fully saturated rings. The number of carbonyl (C=O) groups is 2. The van der Waals surface area contributed by atoms with Crippen molar-refractivity contribution in [3.63, 3.8) is 0 Å². The smallest absolute Gasteiger partial charge is 0.274 e. The van der Waals surface area contributed by atoms with Crippen molar-refractivity contribution in [1.82, 2.24) is 30.2 Å². The zero-order valence-corrected chi connectivity index (χ0v) is 17.4. The number of amides is 2. The molecule has 0 radical (unpaired) electrons. The maximum Gasteiger partial charge on any atom is 0.274 e. The Morgan fingerprint density at radius 2 is 1.93 bits per heavy atom. The molecule has 0 saturated carbocycles. The third kappa shape index (κ3) is 4.34. The zero-order valence-electron chi connectivity index (χ0n) is 16.6. The standard InChI is InChI=1S/C19H30N6O2.ClH/c1-14-4-2-3-7-25(14)17(26)13-23-8-10-24(11-9-23)19(27)18-15-12-20-6-5-16(15)21-22-18;/h14,20H,2-13H2,1H3,(H,21,22);1H. The van der Waals surface area contributed by atoms with Gasteiger partial charge in [0, 0.05) is 69.5 Å². The number of hydrogen-bond donors (Lipinski definition) is 2. The molecule has 0 spiro atoms. The molecule has 2 amide bonds. The van der Waals surface area contributed by atoms with Crippen LogP contribution in [0.1, 0.15) is 47.9 Å². The summed E-state index contributed by atoms with van der Waals surface area (Å²) in [6.07, 6.45) is 4.33. The Balaban J connectivity index is 0.00000225. The second-order valence-corrected chi connectivity index (χ2v) is 7.96. The molecule has 0 bridgehead atoms. The third-order valence-electron chi connectivity index (χ3n) is 6.15. The van der Waals surface area contributed by atoms with Crippen LogP contribution in [-0.4, -0.2) is 88.6 Å². The molecule has 4 heterocycles. The lowest BCUT2D eigenvalue weighted by Crippen LogP contribution is -2.53. The van der Waals surface area contributed by atoms with Gasteiger partial charge < -0.3 is 15.1 Å². The van der Waals surface area contributed by atoms with Crippen LogP contribution in [0.5, 0.6) is 0 Å². The molecular weight excluding hydrogens is 380 g/mol. The number of nitrogens with one attached hydrogen (secondary N) is 2. The number of likely N-dealkylation sites (tertiary alicyclic amines) is 1. The van der Waals surface area contributed by atoms with Gasteiger partial charge in [-0.1, -0.05) is 0 Å². The predicted molar refractivity (Wildman–Crippen MR) is 109 cm³/mol. The lowest BCUT2D eigenvalue weighted by Gasteiger charge is -2.38. The van der Waals surface area contributed by atoms with Crippen LogP contribution >= 0.6 is 12.4 Å². The van der Waals surface area contributed by atoms with Crippen molar-refractivity contribution in [2.24, 2.45) is 0 Å². The van der Waals surface area contributed by atoms with E-state index in [2.05, 4.69) is 27.3 Å². The van der Waals surface area contributed by atoms with Crippen molar-refractivity contribution in [1.29, 1.82) is 0 Å². The van der Waals surface area contributed by atoms with Gasteiger partial charge in [0.2, 0.25) is 5.91 Å². The number of carbonyl (C=O) groups excluding carboxylic acids is 2. The fourth-order valence-electron chi connectivity index (χ4n) is 4.41. The minimum Gasteiger partial charge on any atom is -0.339 e. The number of hydrogen-bond acceptors (Lipinski definition) is 5. The molecule has 4 rings (SSSR count). The van der Waals surface area contributed by atoms with Crippen LogP contribution in [0.3, 0.4) is 0 Å². The number of piperidine rings is 1. The first-order valence-electron chi connectivity index (χ1n) is 10.2. The summed E-state index contributed by atoms with van der Waals surface area (Å²) in [5, 5.41) is 10.6. The van der Waals surface area contributed by atoms with Gasteiger partial charge in [-0.15, -0.1) is 12.4 Å². The average Bonchev–Trinajstić information content (AvgIpc) is 3.12. The molecule has 1 atom stereocenters. The van der Waals surface area contributed by atoms with Crippen LogP contribution in [-0.2, 0) is 17.8 Å². The van der Waals surface area contributed by atoms with E-state index in [0.29, 0.717) is 37.9 Å². The first-order valence-corrected chi connectivity index (χ1v) is 10.2. The van der Waals surface area contributed by atoms with Gasteiger partial charge in [-0.2, -0.15) is 5.10 Å². The molecular formula is C19H31ClN6O2. The van der Waals surface area contributed by atoms with E-state index in [1.165, 1.54) is 6.42 Å². The molecule has 9 heteroatoms. The SMILES string of the molecule is CC1CCCCN1C(=O)CN1CCN(C(=O)c2n[nH]c3c2CNCC3)CC1.Cl. The fourth-order valence-corrected chi connectivity index (χ4v) is 4.41. The van der Waals surface area contributed by atoms with Crippen LogP contribution < -0.4 is 5.32 Å². The summed E-state index contributed by atoms with van der Waals surface area (Å²) in [4.78, 5) is 31.6. The summed E-state index contributed by atoms with van der Waals surface area (Å²) in [7, 11) is 0. The molecule has 1 aromatic heterocycles. The highest BCUT2D eigenvalue weighted by atomic mass is 35.5. The molecule has 0 aliphatic carbocycles. The molecule has 3 aliphatic heterocycles. The average molecular weight is 411 g/mol. The van der Waals surface area contributed by atoms with Gasteiger partial charge in [-0.3, -0.25) is 19.6 Å². The zero-order chi connectivity index (χ0) is 18.8. The predicted octanol–water partition coefficient (Wildman–Crippen LogP) is 0.636. The molecule has 1 aromatic rings. The van der Waals surface area contributed by atoms with Crippen LogP contribution in [0.15, 0.2) is 0 Å². The highest BCUT2D eigenvalue weighted by molar-refractivity contribution is 5.94. The van der Waals surface area contributed by atoms with Gasteiger partial charge >= 0.3 is 0 Å². The molecule has 8 nitrogen and oxygen atoms in total. The van der Waals surface area contributed by atoms with Crippen molar-refractivity contribution in [2.75, 3.05) is 45.8 Å². The number of aromatic nitrogens is 2. The number of aromatic amines is 1. The second kappa shape index (κ2) is 9.24. The first-order chi connectivity index (χ1) is 13.1. The van der Waals surface area contributed by atoms with Crippen molar-refractivity contribution in [3.8, 4) is 0 Å². The summed E-state index contributed by atoms with van der Waals surface area (Å²) in [5.41, 5.74) is 2.66.